The van der Waals surface area contributed by atoms with E-state index in [1.54, 1.807) is 6.92 Å². The van der Waals surface area contributed by atoms with Crippen LogP contribution in [0.2, 0.25) is 0 Å². The quantitative estimate of drug-likeness (QED) is 0.649. The zero-order valence-electron chi connectivity index (χ0n) is 8.78. The van der Waals surface area contributed by atoms with E-state index < -0.39 is 17.7 Å². The molecule has 1 rings (SSSR count). The number of rotatable bonds is 3. The topological polar surface area (TPSA) is 12.0 Å². The molecule has 0 saturated carbocycles. The number of thioether (sulfide) groups is 1. The van der Waals surface area contributed by atoms with Gasteiger partial charge in [0, 0.05) is 11.9 Å². The number of anilines is 1. The fourth-order valence-corrected chi connectivity index (χ4v) is 1.97. The van der Waals surface area contributed by atoms with Crippen LogP contribution >= 0.6 is 11.8 Å². The molecular weight excluding hydrogens is 242 g/mol. The highest BCUT2D eigenvalue weighted by Crippen LogP contribution is 2.32. The van der Waals surface area contributed by atoms with E-state index in [9.17, 15) is 17.6 Å². The van der Waals surface area contributed by atoms with Crippen LogP contribution in [0.1, 0.15) is 5.56 Å². The van der Waals surface area contributed by atoms with Gasteiger partial charge in [0.05, 0.1) is 11.4 Å². The van der Waals surface area contributed by atoms with Gasteiger partial charge in [0.2, 0.25) is 0 Å². The minimum absolute atomic E-state index is 0.204. The molecule has 0 radical (unpaired) electrons. The predicted molar refractivity (Wildman–Crippen MR) is 57.5 cm³/mol. The normalized spacial score (nSPS) is 11.6. The number of nitrogens with one attached hydrogen (secondary N) is 1. The first-order valence-corrected chi connectivity index (χ1v) is 5.49. The molecule has 0 bridgehead atoms. The fraction of sp³-hybridized carbons (Fsp3) is 0.400. The molecule has 0 fully saturated rings. The highest BCUT2D eigenvalue weighted by molar-refractivity contribution is 7.99. The second-order valence-electron chi connectivity index (χ2n) is 3.25. The van der Waals surface area contributed by atoms with E-state index in [4.69, 9.17) is 0 Å². The van der Waals surface area contributed by atoms with E-state index in [0.717, 1.165) is 0 Å². The minimum Gasteiger partial charge on any atom is -0.386 e. The van der Waals surface area contributed by atoms with Crippen molar-refractivity contribution in [3.8, 4) is 0 Å². The number of hydrogen-bond donors (Lipinski definition) is 1. The number of hydrogen-bond acceptors (Lipinski definition) is 2. The van der Waals surface area contributed by atoms with Gasteiger partial charge in [0.15, 0.2) is 0 Å². The molecule has 1 nitrogen and oxygen atoms in total. The lowest BCUT2D eigenvalue weighted by atomic mass is 10.2. The third kappa shape index (κ3) is 3.59. The first-order valence-electron chi connectivity index (χ1n) is 4.51. The van der Waals surface area contributed by atoms with Gasteiger partial charge in [-0.15, -0.1) is 11.8 Å². The van der Waals surface area contributed by atoms with Crippen LogP contribution in [0.4, 0.5) is 23.2 Å². The van der Waals surface area contributed by atoms with Gasteiger partial charge < -0.3 is 5.32 Å². The van der Waals surface area contributed by atoms with Crippen LogP contribution in [0.3, 0.4) is 0 Å². The molecule has 1 N–H and O–H groups in total. The molecule has 0 aliphatic heterocycles. The van der Waals surface area contributed by atoms with Crippen molar-refractivity contribution in [3.05, 3.63) is 23.5 Å². The fourth-order valence-electron chi connectivity index (χ4n) is 1.16. The summed E-state index contributed by atoms with van der Waals surface area (Å²) in [4.78, 5) is 0.433. The molecule has 90 valence electrons. The van der Waals surface area contributed by atoms with E-state index in [1.165, 1.54) is 19.2 Å². The summed E-state index contributed by atoms with van der Waals surface area (Å²) in [6, 6.07) is 2.62. The van der Waals surface area contributed by atoms with E-state index in [-0.39, 0.29) is 5.69 Å². The third-order valence-corrected chi connectivity index (χ3v) is 3.15. The highest BCUT2D eigenvalue weighted by atomic mass is 32.2. The largest absolute Gasteiger partial charge is 0.398 e. The average molecular weight is 253 g/mol. The van der Waals surface area contributed by atoms with Crippen LogP contribution in [0.5, 0.6) is 0 Å². The Hall–Kier alpha value is -0.910. The first-order chi connectivity index (χ1) is 7.33. The lowest BCUT2D eigenvalue weighted by Gasteiger charge is -2.11. The van der Waals surface area contributed by atoms with Crippen molar-refractivity contribution in [2.45, 2.75) is 18.0 Å². The van der Waals surface area contributed by atoms with E-state index in [1.807, 2.05) is 0 Å². The Labute approximate surface area is 95.2 Å². The Morgan fingerprint density at radius 3 is 2.44 bits per heavy atom. The van der Waals surface area contributed by atoms with Gasteiger partial charge >= 0.3 is 6.18 Å². The molecular formula is C10H11F4NS. The lowest BCUT2D eigenvalue weighted by molar-refractivity contribution is -0.105. The van der Waals surface area contributed by atoms with Crippen molar-refractivity contribution >= 4 is 17.4 Å². The van der Waals surface area contributed by atoms with Crippen molar-refractivity contribution in [1.82, 2.24) is 0 Å². The zero-order valence-corrected chi connectivity index (χ0v) is 9.60. The molecule has 16 heavy (non-hydrogen) atoms. The SMILES string of the molecule is CNc1cc(SCC(F)(F)F)c(C)cc1F. The molecule has 0 amide bonds. The number of halogens is 4. The monoisotopic (exact) mass is 253 g/mol. The van der Waals surface area contributed by atoms with Gasteiger partial charge in [0.1, 0.15) is 5.82 Å². The summed E-state index contributed by atoms with van der Waals surface area (Å²) < 4.78 is 49.3. The molecule has 0 heterocycles. The Morgan fingerprint density at radius 2 is 1.94 bits per heavy atom. The molecule has 1 aromatic carbocycles. The Balaban J connectivity index is 2.88. The van der Waals surface area contributed by atoms with Crippen molar-refractivity contribution in [1.29, 1.82) is 0 Å². The lowest BCUT2D eigenvalue weighted by Crippen LogP contribution is -2.10. The Kier molecular flexibility index (Phi) is 4.07. The van der Waals surface area contributed by atoms with E-state index >= 15 is 0 Å². The predicted octanol–water partition coefficient (Wildman–Crippen LogP) is 3.83. The molecule has 6 heteroatoms. The summed E-state index contributed by atoms with van der Waals surface area (Å²) >= 11 is 0.661. The summed E-state index contributed by atoms with van der Waals surface area (Å²) in [5, 5.41) is 2.59. The molecule has 0 saturated heterocycles. The number of alkyl halides is 3. The van der Waals surface area contributed by atoms with Crippen LogP contribution in [0, 0.1) is 12.7 Å². The van der Waals surface area contributed by atoms with Gasteiger partial charge in [-0.2, -0.15) is 13.2 Å². The maximum Gasteiger partial charge on any atom is 0.398 e. The van der Waals surface area contributed by atoms with E-state index in [0.29, 0.717) is 22.2 Å². The summed E-state index contributed by atoms with van der Waals surface area (Å²) in [6.45, 7) is 1.58. The maximum absolute atomic E-state index is 13.2. The smallest absolute Gasteiger partial charge is 0.386 e. The molecule has 0 aromatic heterocycles. The molecule has 0 spiro atoms. The average Bonchev–Trinajstić information content (AvgIpc) is 2.15. The van der Waals surface area contributed by atoms with Gasteiger partial charge in [-0.05, 0) is 24.6 Å². The summed E-state index contributed by atoms with van der Waals surface area (Å²) in [5.74, 6) is -1.43. The summed E-state index contributed by atoms with van der Waals surface area (Å²) in [7, 11) is 1.52. The zero-order chi connectivity index (χ0) is 12.3. The second kappa shape index (κ2) is 4.95. The molecule has 0 unspecified atom stereocenters. The second-order valence-corrected chi connectivity index (χ2v) is 4.27. The van der Waals surface area contributed by atoms with Crippen LogP contribution in [-0.4, -0.2) is 19.0 Å². The first kappa shape index (κ1) is 13.2. The van der Waals surface area contributed by atoms with Crippen molar-refractivity contribution in [2.75, 3.05) is 18.1 Å². The summed E-state index contributed by atoms with van der Waals surface area (Å²) in [6.07, 6.45) is -4.22. The van der Waals surface area contributed by atoms with Crippen LogP contribution in [0.25, 0.3) is 0 Å². The molecule has 1 aromatic rings. The van der Waals surface area contributed by atoms with Gasteiger partial charge in [-0.25, -0.2) is 4.39 Å². The summed E-state index contributed by atoms with van der Waals surface area (Å²) in [5.41, 5.74) is 0.709. The van der Waals surface area contributed by atoms with Gasteiger partial charge in [-0.3, -0.25) is 0 Å². The van der Waals surface area contributed by atoms with Crippen molar-refractivity contribution in [2.24, 2.45) is 0 Å². The van der Waals surface area contributed by atoms with E-state index in [2.05, 4.69) is 5.32 Å². The number of benzene rings is 1. The van der Waals surface area contributed by atoms with Gasteiger partial charge in [0.25, 0.3) is 0 Å². The van der Waals surface area contributed by atoms with Crippen molar-refractivity contribution in [3.63, 3.8) is 0 Å². The third-order valence-electron chi connectivity index (χ3n) is 1.93. The minimum atomic E-state index is -4.22. The van der Waals surface area contributed by atoms with Crippen LogP contribution in [-0.2, 0) is 0 Å². The van der Waals surface area contributed by atoms with Gasteiger partial charge in [-0.1, -0.05) is 0 Å². The molecule has 0 aliphatic rings. The highest BCUT2D eigenvalue weighted by Gasteiger charge is 2.27. The van der Waals surface area contributed by atoms with Crippen molar-refractivity contribution < 1.29 is 17.6 Å². The Morgan fingerprint density at radius 1 is 1.31 bits per heavy atom. The Bertz CT molecular complexity index is 376. The molecule has 0 atom stereocenters. The van der Waals surface area contributed by atoms with Crippen LogP contribution in [0.15, 0.2) is 17.0 Å². The molecule has 0 aliphatic carbocycles. The van der Waals surface area contributed by atoms with Crippen LogP contribution < -0.4 is 5.32 Å². The number of aryl methyl sites for hydroxylation is 1. The maximum atomic E-state index is 13.2. The standard InChI is InChI=1S/C10H11F4NS/c1-6-3-7(11)8(15-2)4-9(6)16-5-10(12,13)14/h3-4,15H,5H2,1-2H3.